The lowest BCUT2D eigenvalue weighted by Gasteiger charge is -2.33. The van der Waals surface area contributed by atoms with Crippen LogP contribution in [0.25, 0.3) is 33.2 Å². The summed E-state index contributed by atoms with van der Waals surface area (Å²) in [5.74, 6) is 0.383. The van der Waals surface area contributed by atoms with E-state index >= 15 is 4.39 Å². The highest BCUT2D eigenvalue weighted by atomic mass is 19.1. The number of nitrogens with one attached hydrogen (secondary N) is 2. The summed E-state index contributed by atoms with van der Waals surface area (Å²) in [6, 6.07) is 18.1. The van der Waals surface area contributed by atoms with Gasteiger partial charge in [-0.1, -0.05) is 6.08 Å². The lowest BCUT2D eigenvalue weighted by atomic mass is 9.87. The largest absolute Gasteiger partial charge is 0.388 e. The number of rotatable bonds is 10. The van der Waals surface area contributed by atoms with Gasteiger partial charge in [-0.3, -0.25) is 48.1 Å². The number of Topliss-reactive ketones (excluding diaryl/α,β-unsaturated/α-hetero) is 1. The summed E-state index contributed by atoms with van der Waals surface area (Å²) >= 11 is 0. The number of aromatic nitrogens is 7. The average Bonchev–Trinajstić information content (AvgIpc) is 3.81. The second kappa shape index (κ2) is 19.1. The number of ketones is 1. The molecule has 4 aromatic heterocycles. The highest BCUT2D eigenvalue weighted by Crippen LogP contribution is 2.37. The third-order valence-corrected chi connectivity index (χ3v) is 16.1. The number of imide groups is 1. The maximum atomic E-state index is 16.3. The van der Waals surface area contributed by atoms with Crippen LogP contribution in [0, 0.1) is 25.6 Å². The van der Waals surface area contributed by atoms with Crippen LogP contribution >= 0.6 is 0 Å². The molecule has 4 aliphatic heterocycles. The molecule has 2 fully saturated rings. The summed E-state index contributed by atoms with van der Waals surface area (Å²) in [6.07, 6.45) is 10.4. The standard InChI is InChI=1S/C56H60FN11O5/c1-32-26-44-42(45(12-18-59-44)66-24-17-39(58-4)29-51(66)70)31-41(32)34(3)64-20-13-35(14-21-64)52-33(2)25-38(27-43(52)57)53(71)37-7-6-19-67-49(28-37)61-62-54(67)36-15-22-65(23-16-36)40-8-9-46-48(30-40)63(5)56(73)68(46)47-10-11-50(69)60-55(47)72/h8-9,12-13,17-18,24-27,29-31,34,36-37,47,58H,6-7,10-11,14-16,19-23,28H2,1-5H3,(H,60,69,72)/t34-,37+,47?/m0/s1. The maximum Gasteiger partial charge on any atom is 0.329 e. The topological polar surface area (TPSA) is 174 Å². The van der Waals surface area contributed by atoms with Crippen molar-refractivity contribution in [2.24, 2.45) is 13.0 Å². The second-order valence-electron chi connectivity index (χ2n) is 20.4. The fraction of sp³-hybridized carbons (Fsp3) is 0.393. The Bertz CT molecular complexity index is 3520. The van der Waals surface area contributed by atoms with Crippen LogP contribution in [0.15, 0.2) is 88.7 Å². The molecule has 4 aliphatic rings. The molecule has 0 spiro atoms. The van der Waals surface area contributed by atoms with Crippen molar-refractivity contribution in [3.05, 3.63) is 145 Å². The molecule has 11 rings (SSSR count). The second-order valence-corrected chi connectivity index (χ2v) is 20.4. The smallest absolute Gasteiger partial charge is 0.329 e. The van der Waals surface area contributed by atoms with E-state index in [1.807, 2.05) is 43.3 Å². The Morgan fingerprint density at radius 1 is 0.877 bits per heavy atom. The van der Waals surface area contributed by atoms with Crippen molar-refractivity contribution in [1.82, 2.24) is 43.7 Å². The van der Waals surface area contributed by atoms with Gasteiger partial charge in [0, 0.05) is 124 Å². The van der Waals surface area contributed by atoms with E-state index in [2.05, 4.69) is 67.1 Å². The first-order valence-electron chi connectivity index (χ1n) is 25.6. The molecule has 1 unspecified atom stereocenters. The van der Waals surface area contributed by atoms with Gasteiger partial charge in [-0.15, -0.1) is 10.2 Å². The molecule has 16 nitrogen and oxygen atoms in total. The van der Waals surface area contributed by atoms with E-state index in [0.29, 0.717) is 42.5 Å². The third-order valence-electron chi connectivity index (χ3n) is 16.1. The molecule has 376 valence electrons. The fourth-order valence-electron chi connectivity index (χ4n) is 12.0. The van der Waals surface area contributed by atoms with E-state index in [4.69, 9.17) is 5.10 Å². The number of pyridine rings is 2. The molecule has 2 saturated heterocycles. The summed E-state index contributed by atoms with van der Waals surface area (Å²) in [7, 11) is 3.50. The van der Waals surface area contributed by atoms with Crippen molar-refractivity contribution < 1.29 is 18.8 Å². The molecule has 2 amide bonds. The van der Waals surface area contributed by atoms with E-state index < -0.39 is 11.9 Å². The van der Waals surface area contributed by atoms with Crippen molar-refractivity contribution in [2.45, 2.75) is 96.7 Å². The normalized spacial score (nSPS) is 19.4. The summed E-state index contributed by atoms with van der Waals surface area (Å²) in [4.78, 5) is 74.6. The Morgan fingerprint density at radius 2 is 1.70 bits per heavy atom. The van der Waals surface area contributed by atoms with Crippen LogP contribution in [0.4, 0.5) is 15.8 Å². The van der Waals surface area contributed by atoms with Gasteiger partial charge in [-0.05, 0) is 136 Å². The molecular weight excluding hydrogens is 926 g/mol. The number of halogens is 1. The number of nitrogens with zero attached hydrogens (tertiary/aromatic N) is 9. The number of carbonyl (C=O) groups excluding carboxylic acids is 3. The first kappa shape index (κ1) is 47.8. The third kappa shape index (κ3) is 8.66. The Hall–Kier alpha value is -7.53. The molecule has 0 aliphatic carbocycles. The van der Waals surface area contributed by atoms with Crippen molar-refractivity contribution in [1.29, 1.82) is 0 Å². The van der Waals surface area contributed by atoms with Crippen LogP contribution < -0.4 is 26.8 Å². The molecule has 0 saturated carbocycles. The van der Waals surface area contributed by atoms with Gasteiger partial charge in [-0.25, -0.2) is 9.18 Å². The zero-order chi connectivity index (χ0) is 50.8. The van der Waals surface area contributed by atoms with Crippen LogP contribution in [0.1, 0.15) is 114 Å². The molecular formula is C56H60FN11O5. The highest BCUT2D eigenvalue weighted by molar-refractivity contribution is 6.00. The SMILES string of the molecule is CNc1ccn(-c2ccnc3cc(C)c([C@H](C)N4CC=C(c5c(C)cc(C(=O)[C@@H]6CCCn7c(nnc7C7CCN(c8ccc9c(c8)n(C)c(=O)n9C8CCC(=O)NC8=O)CC7)C6)cc5F)CC4)cc23)c(=O)c1. The quantitative estimate of drug-likeness (QED) is 0.103. The molecule has 17 heteroatoms. The fourth-order valence-corrected chi connectivity index (χ4v) is 12.0. The first-order chi connectivity index (χ1) is 35.3. The van der Waals surface area contributed by atoms with Gasteiger partial charge in [0.25, 0.3) is 5.56 Å². The Labute approximate surface area is 421 Å². The van der Waals surface area contributed by atoms with Crippen molar-refractivity contribution >= 4 is 56.5 Å². The molecule has 3 aromatic carbocycles. The van der Waals surface area contributed by atoms with Crippen molar-refractivity contribution in [3.8, 4) is 5.69 Å². The van der Waals surface area contributed by atoms with E-state index in [-0.39, 0.29) is 59.5 Å². The zero-order valence-corrected chi connectivity index (χ0v) is 42.0. The predicted octanol–water partition coefficient (Wildman–Crippen LogP) is 7.48. The van der Waals surface area contributed by atoms with Crippen molar-refractivity contribution in [3.63, 3.8) is 0 Å². The van der Waals surface area contributed by atoms with Gasteiger partial charge >= 0.3 is 5.69 Å². The number of aryl methyl sites for hydroxylation is 3. The molecule has 3 atom stereocenters. The molecule has 8 heterocycles. The van der Waals surface area contributed by atoms with Gasteiger partial charge < -0.3 is 14.8 Å². The van der Waals surface area contributed by atoms with Gasteiger partial charge in [0.2, 0.25) is 11.8 Å². The van der Waals surface area contributed by atoms with Gasteiger partial charge in [-0.2, -0.15) is 0 Å². The zero-order valence-electron chi connectivity index (χ0n) is 42.0. The average molecular weight is 986 g/mol. The summed E-state index contributed by atoms with van der Waals surface area (Å²) < 4.78 is 23.3. The Kier molecular flexibility index (Phi) is 12.5. The molecule has 0 bridgehead atoms. The number of hydrogen-bond donors (Lipinski definition) is 2. The van der Waals surface area contributed by atoms with E-state index in [1.165, 1.54) is 10.6 Å². The minimum atomic E-state index is -0.733. The predicted molar refractivity (Wildman–Crippen MR) is 279 cm³/mol. The number of amides is 2. The minimum Gasteiger partial charge on any atom is -0.388 e. The Balaban J connectivity index is 0.740. The Morgan fingerprint density at radius 3 is 2.44 bits per heavy atom. The number of carbonyl (C=O) groups is 3. The minimum absolute atomic E-state index is 0.0435. The number of anilines is 2. The number of imidazole rings is 1. The van der Waals surface area contributed by atoms with Crippen LogP contribution in [-0.4, -0.2) is 89.2 Å². The molecule has 7 aromatic rings. The number of benzene rings is 3. The van der Waals surface area contributed by atoms with E-state index in [9.17, 15) is 24.0 Å². The van der Waals surface area contributed by atoms with Gasteiger partial charge in [0.15, 0.2) is 5.78 Å². The van der Waals surface area contributed by atoms with Crippen LogP contribution in [0.3, 0.4) is 0 Å². The van der Waals surface area contributed by atoms with E-state index in [1.54, 1.807) is 41.7 Å². The lowest BCUT2D eigenvalue weighted by Crippen LogP contribution is -2.44. The molecule has 73 heavy (non-hydrogen) atoms. The van der Waals surface area contributed by atoms with E-state index in [0.717, 1.165) is 113 Å². The molecule has 0 radical (unpaired) electrons. The summed E-state index contributed by atoms with van der Waals surface area (Å²) in [5, 5.41) is 15.7. The van der Waals surface area contributed by atoms with Crippen molar-refractivity contribution in [2.75, 3.05) is 43.4 Å². The lowest BCUT2D eigenvalue weighted by molar-refractivity contribution is -0.135. The number of hydrogen-bond acceptors (Lipinski definition) is 11. The van der Waals surface area contributed by atoms with Gasteiger partial charge in [0.05, 0.1) is 22.2 Å². The van der Waals surface area contributed by atoms with Crippen LogP contribution in [0.2, 0.25) is 0 Å². The summed E-state index contributed by atoms with van der Waals surface area (Å²) in [5.41, 5.74) is 9.20. The number of fused-ring (bicyclic) bond motifs is 3. The monoisotopic (exact) mass is 985 g/mol. The highest BCUT2D eigenvalue weighted by Gasteiger charge is 2.34. The van der Waals surface area contributed by atoms with Gasteiger partial charge in [0.1, 0.15) is 23.5 Å². The molecule has 2 N–H and O–H groups in total. The van der Waals surface area contributed by atoms with Crippen LogP contribution in [-0.2, 0) is 29.6 Å². The summed E-state index contributed by atoms with van der Waals surface area (Å²) in [6.45, 7) is 9.81. The maximum absolute atomic E-state index is 16.3. The first-order valence-corrected chi connectivity index (χ1v) is 25.6. The van der Waals surface area contributed by atoms with Crippen LogP contribution in [0.5, 0.6) is 0 Å². The number of piperidine rings is 2.